The summed E-state index contributed by atoms with van der Waals surface area (Å²) in [6.07, 6.45) is 9.50. The van der Waals surface area contributed by atoms with Crippen molar-refractivity contribution in [2.45, 2.75) is 39.8 Å². The summed E-state index contributed by atoms with van der Waals surface area (Å²) in [5.74, 6) is 0. The van der Waals surface area contributed by atoms with E-state index >= 15 is 0 Å². The molecule has 0 saturated carbocycles. The number of rotatable bonds is 4. The van der Waals surface area contributed by atoms with Gasteiger partial charge in [-0.3, -0.25) is 0 Å². The maximum Gasteiger partial charge on any atom is 0.0753 e. The van der Waals surface area contributed by atoms with Crippen LogP contribution in [0.1, 0.15) is 55.9 Å². The molecule has 0 amide bonds. The van der Waals surface area contributed by atoms with Gasteiger partial charge in [0, 0.05) is 72.6 Å². The number of benzene rings is 4. The van der Waals surface area contributed by atoms with E-state index in [9.17, 15) is 0 Å². The van der Waals surface area contributed by atoms with Gasteiger partial charge in [0.15, 0.2) is 0 Å². The second-order valence-electron chi connectivity index (χ2n) is 16.0. The Bertz CT molecular complexity index is 2560. The predicted octanol–water partition coefficient (Wildman–Crippen LogP) is 8.97. The molecule has 0 fully saturated rings. The largest absolute Gasteiger partial charge is 0.363 e. The van der Waals surface area contributed by atoms with Gasteiger partial charge >= 0.3 is 0 Å². The second-order valence-corrected chi connectivity index (χ2v) is 16.0. The minimum Gasteiger partial charge on any atom is -0.363 e. The maximum atomic E-state index is 2.48. The van der Waals surface area contributed by atoms with E-state index in [0.29, 0.717) is 0 Å². The smallest absolute Gasteiger partial charge is 0.0753 e. The third kappa shape index (κ3) is 5.83. The molecule has 0 saturated heterocycles. The van der Waals surface area contributed by atoms with Gasteiger partial charge in [-0.15, -0.1) is 0 Å². The fraction of sp³-hybridized carbons (Fsp3) is 0.192. The third-order valence-electron chi connectivity index (χ3n) is 12.3. The molecule has 2 atom stereocenters. The number of hydrogen-bond donors (Lipinski definition) is 0. The Morgan fingerprint density at radius 1 is 0.357 bits per heavy atom. The molecule has 4 heteroatoms. The molecule has 3 aliphatic rings. The van der Waals surface area contributed by atoms with Crippen molar-refractivity contribution in [3.05, 3.63) is 224 Å². The van der Waals surface area contributed by atoms with Gasteiger partial charge in [-0.25, -0.2) is 0 Å². The molecule has 6 aromatic rings. The summed E-state index contributed by atoms with van der Waals surface area (Å²) in [5, 5.41) is 2.42. The highest BCUT2D eigenvalue weighted by atomic mass is 15.2. The molecule has 8 bridgehead atoms. The van der Waals surface area contributed by atoms with Crippen LogP contribution in [0.3, 0.4) is 0 Å². The van der Waals surface area contributed by atoms with E-state index in [2.05, 4.69) is 220 Å². The number of nitrogens with zero attached hydrogens (tertiary/aromatic N) is 4. The number of likely N-dealkylation sites (N-methyl/N-ethyl adjacent to an activating group) is 2. The standard InChI is InChI=1S/C52H50N4/c1-33-9-17-37(18-10-33)49-41-25-27-43(53(41)5)50(38-19-11-34(2)12-20-38)45-29-31-47(55(45)7)52(40-23-15-36(4)16-24-40)48-32-30-46(56(48)8)51(39-21-13-35(3)14-22-39)44-28-26-42(49)54(44)6/h9-32,41,46H,1-8H3/b49-42-,50-43-,51-44-,52-48-. The second kappa shape index (κ2) is 13.8. The maximum absolute atomic E-state index is 2.48. The van der Waals surface area contributed by atoms with Crippen LogP contribution in [0.2, 0.25) is 0 Å². The third-order valence-corrected chi connectivity index (χ3v) is 12.3. The zero-order valence-electron chi connectivity index (χ0n) is 33.8. The number of allylic oxidation sites excluding steroid dienone is 2. The van der Waals surface area contributed by atoms with Crippen LogP contribution in [0.5, 0.6) is 0 Å². The van der Waals surface area contributed by atoms with Gasteiger partial charge < -0.3 is 18.9 Å². The zero-order chi connectivity index (χ0) is 38.8. The molecule has 5 heterocycles. The Balaban J connectivity index is 1.43. The molecule has 2 unspecified atom stereocenters. The number of fused-ring (bicyclic) bond motifs is 8. The van der Waals surface area contributed by atoms with E-state index < -0.39 is 0 Å². The Morgan fingerprint density at radius 2 is 0.679 bits per heavy atom. The lowest BCUT2D eigenvalue weighted by molar-refractivity contribution is 0.440. The molecule has 9 rings (SSSR count). The molecule has 3 aliphatic heterocycles. The Labute approximate surface area is 331 Å². The summed E-state index contributed by atoms with van der Waals surface area (Å²) in [5.41, 5.74) is 19.7. The van der Waals surface area contributed by atoms with Crippen LogP contribution in [0, 0.1) is 27.7 Å². The molecule has 4 nitrogen and oxygen atoms in total. The molecule has 4 aromatic carbocycles. The van der Waals surface area contributed by atoms with Crippen LogP contribution in [-0.4, -0.2) is 45.1 Å². The quantitative estimate of drug-likeness (QED) is 0.180. The molecule has 0 aliphatic carbocycles. The van der Waals surface area contributed by atoms with Crippen molar-refractivity contribution in [3.63, 3.8) is 0 Å². The van der Waals surface area contributed by atoms with Crippen molar-refractivity contribution < 1.29 is 0 Å². The minimum absolute atomic E-state index is 0.00809. The van der Waals surface area contributed by atoms with Gasteiger partial charge in [0.05, 0.1) is 23.5 Å². The average Bonchev–Trinajstić information content (AvgIpc) is 3.96. The lowest BCUT2D eigenvalue weighted by atomic mass is 9.96. The van der Waals surface area contributed by atoms with Gasteiger partial charge in [0.2, 0.25) is 0 Å². The highest BCUT2D eigenvalue weighted by Gasteiger charge is 2.33. The van der Waals surface area contributed by atoms with Crippen LogP contribution in [0.4, 0.5) is 0 Å². The van der Waals surface area contributed by atoms with Gasteiger partial charge in [0.1, 0.15) is 0 Å². The van der Waals surface area contributed by atoms with Crippen LogP contribution in [0.15, 0.2) is 157 Å². The molecule has 2 aromatic heterocycles. The SMILES string of the molecule is Cc1ccc(/C2=C3\C=CC(/C(c4ccc(C)cc4)=c4/cc/c(n4C)=C(\c4ccc(C)cc4)C4C=C/C(=C(\c5ccc(C)cc5)c5ccc2n5C)N4C)N3C)cc1. The lowest BCUT2D eigenvalue weighted by Crippen LogP contribution is -2.37. The van der Waals surface area contributed by atoms with Gasteiger partial charge in [0.25, 0.3) is 0 Å². The summed E-state index contributed by atoms with van der Waals surface area (Å²) >= 11 is 0. The van der Waals surface area contributed by atoms with E-state index in [1.807, 2.05) is 0 Å². The topological polar surface area (TPSA) is 16.3 Å². The zero-order valence-corrected chi connectivity index (χ0v) is 33.8. The van der Waals surface area contributed by atoms with E-state index in [0.717, 1.165) is 0 Å². The number of aryl methyl sites for hydroxylation is 4. The first-order valence-electron chi connectivity index (χ1n) is 19.7. The first kappa shape index (κ1) is 35.4. The number of hydrogen-bond acceptors (Lipinski definition) is 2. The minimum atomic E-state index is 0.00809. The molecular formula is C52H50N4. The summed E-state index contributed by atoms with van der Waals surface area (Å²) in [4.78, 5) is 4.97. The molecule has 0 spiro atoms. The highest BCUT2D eigenvalue weighted by Crippen LogP contribution is 2.41. The Hall–Kier alpha value is -6.26. The highest BCUT2D eigenvalue weighted by molar-refractivity contribution is 5.89. The van der Waals surface area contributed by atoms with E-state index in [-0.39, 0.29) is 12.1 Å². The fourth-order valence-corrected chi connectivity index (χ4v) is 9.02. The summed E-state index contributed by atoms with van der Waals surface area (Å²) in [7, 11) is 9.02. The van der Waals surface area contributed by atoms with Crippen molar-refractivity contribution in [3.8, 4) is 0 Å². The predicted molar refractivity (Wildman–Crippen MR) is 233 cm³/mol. The molecule has 0 N–H and O–H groups in total. The molecule has 56 heavy (non-hydrogen) atoms. The van der Waals surface area contributed by atoms with Gasteiger partial charge in [-0.2, -0.15) is 0 Å². The monoisotopic (exact) mass is 730 g/mol. The Kier molecular flexibility index (Phi) is 8.73. The van der Waals surface area contributed by atoms with Crippen molar-refractivity contribution in [1.29, 1.82) is 0 Å². The average molecular weight is 731 g/mol. The van der Waals surface area contributed by atoms with E-state index in [1.54, 1.807) is 0 Å². The van der Waals surface area contributed by atoms with Crippen molar-refractivity contribution in [1.82, 2.24) is 18.9 Å². The van der Waals surface area contributed by atoms with E-state index in [4.69, 9.17) is 0 Å². The summed E-state index contributed by atoms with van der Waals surface area (Å²) < 4.78 is 4.85. The Morgan fingerprint density at radius 3 is 1.02 bits per heavy atom. The first-order chi connectivity index (χ1) is 27.1. The summed E-state index contributed by atoms with van der Waals surface area (Å²) in [6, 6.07) is 45.6. The van der Waals surface area contributed by atoms with E-state index in [1.165, 1.54) is 100 Å². The first-order valence-corrected chi connectivity index (χ1v) is 19.7. The van der Waals surface area contributed by atoms with Crippen LogP contribution in [0.25, 0.3) is 22.3 Å². The van der Waals surface area contributed by atoms with Crippen molar-refractivity contribution in [2.75, 3.05) is 14.1 Å². The van der Waals surface area contributed by atoms with Crippen LogP contribution >= 0.6 is 0 Å². The number of aromatic nitrogens is 2. The lowest BCUT2D eigenvalue weighted by Gasteiger charge is -2.30. The van der Waals surface area contributed by atoms with Gasteiger partial charge in [-0.1, -0.05) is 131 Å². The summed E-state index contributed by atoms with van der Waals surface area (Å²) in [6.45, 7) is 8.66. The molecule has 0 radical (unpaired) electrons. The fourth-order valence-electron chi connectivity index (χ4n) is 9.02. The van der Waals surface area contributed by atoms with Crippen LogP contribution in [-0.2, 0) is 14.1 Å². The van der Waals surface area contributed by atoms with Crippen LogP contribution < -0.4 is 10.7 Å². The van der Waals surface area contributed by atoms with Crippen molar-refractivity contribution >= 4 is 22.3 Å². The van der Waals surface area contributed by atoms with Gasteiger partial charge in [-0.05, 0) is 86.4 Å². The molecule has 278 valence electrons. The van der Waals surface area contributed by atoms with Crippen molar-refractivity contribution in [2.24, 2.45) is 14.1 Å². The normalized spacial score (nSPS) is 22.4. The molecular weight excluding hydrogens is 681 g/mol.